The monoisotopic (exact) mass is 229 g/mol. The third-order valence-electron chi connectivity index (χ3n) is 2.45. The largest absolute Gasteiger partial charge is 0.347 e. The van der Waals surface area contributed by atoms with Crippen molar-refractivity contribution in [3.63, 3.8) is 0 Å². The van der Waals surface area contributed by atoms with Gasteiger partial charge in [-0.3, -0.25) is 9.59 Å². The van der Waals surface area contributed by atoms with E-state index in [1.54, 1.807) is 14.1 Å². The van der Waals surface area contributed by atoms with Gasteiger partial charge < -0.3 is 16.0 Å². The Morgan fingerprint density at radius 3 is 2.19 bits per heavy atom. The number of likely N-dealkylation sites (N-methyl/N-ethyl adjacent to an activating group) is 1. The van der Waals surface area contributed by atoms with Gasteiger partial charge in [-0.1, -0.05) is 20.8 Å². The van der Waals surface area contributed by atoms with Crippen molar-refractivity contribution in [1.29, 1.82) is 0 Å². The van der Waals surface area contributed by atoms with Gasteiger partial charge in [-0.05, 0) is 5.41 Å². The molecule has 5 heteroatoms. The Morgan fingerprint density at radius 2 is 1.81 bits per heavy atom. The van der Waals surface area contributed by atoms with Gasteiger partial charge in [0.25, 0.3) is 0 Å². The standard InChI is InChI=1S/C11H23N3O2/c1-11(2,3)8(12)6-9(15)13-7-10(16)14(4)5/h8H,6-7,12H2,1-5H3,(H,13,15). The van der Waals surface area contributed by atoms with E-state index in [-0.39, 0.29) is 36.2 Å². The Morgan fingerprint density at radius 1 is 1.31 bits per heavy atom. The van der Waals surface area contributed by atoms with E-state index in [9.17, 15) is 9.59 Å². The number of amides is 2. The van der Waals surface area contributed by atoms with Crippen molar-refractivity contribution in [3.05, 3.63) is 0 Å². The van der Waals surface area contributed by atoms with Crippen molar-refractivity contribution in [2.24, 2.45) is 11.1 Å². The topological polar surface area (TPSA) is 75.4 Å². The lowest BCUT2D eigenvalue weighted by Crippen LogP contribution is -2.42. The highest BCUT2D eigenvalue weighted by Crippen LogP contribution is 2.19. The van der Waals surface area contributed by atoms with Crippen molar-refractivity contribution in [2.45, 2.75) is 33.2 Å². The minimum Gasteiger partial charge on any atom is -0.347 e. The van der Waals surface area contributed by atoms with E-state index in [1.165, 1.54) is 4.90 Å². The number of carbonyl (C=O) groups is 2. The number of hydrogen-bond donors (Lipinski definition) is 2. The van der Waals surface area contributed by atoms with Crippen LogP contribution in [0.1, 0.15) is 27.2 Å². The first kappa shape index (κ1) is 14.9. The zero-order valence-electron chi connectivity index (χ0n) is 10.8. The Kier molecular flexibility index (Phi) is 5.44. The molecule has 0 radical (unpaired) electrons. The van der Waals surface area contributed by atoms with Gasteiger partial charge in [0.2, 0.25) is 11.8 Å². The number of nitrogens with one attached hydrogen (secondary N) is 1. The van der Waals surface area contributed by atoms with Crippen LogP contribution < -0.4 is 11.1 Å². The summed E-state index contributed by atoms with van der Waals surface area (Å²) in [4.78, 5) is 24.1. The number of hydrogen-bond acceptors (Lipinski definition) is 3. The zero-order valence-corrected chi connectivity index (χ0v) is 10.8. The van der Waals surface area contributed by atoms with Gasteiger partial charge in [0.05, 0.1) is 6.54 Å². The first-order valence-corrected chi connectivity index (χ1v) is 5.37. The van der Waals surface area contributed by atoms with Crippen LogP contribution in [0.15, 0.2) is 0 Å². The summed E-state index contributed by atoms with van der Waals surface area (Å²) in [6.07, 6.45) is 0.240. The maximum atomic E-state index is 11.5. The molecule has 5 nitrogen and oxygen atoms in total. The summed E-state index contributed by atoms with van der Waals surface area (Å²) in [5.74, 6) is -0.310. The molecule has 0 saturated heterocycles. The lowest BCUT2D eigenvalue weighted by Gasteiger charge is -2.26. The zero-order chi connectivity index (χ0) is 12.9. The van der Waals surface area contributed by atoms with E-state index in [0.29, 0.717) is 0 Å². The van der Waals surface area contributed by atoms with Gasteiger partial charge in [-0.25, -0.2) is 0 Å². The predicted molar refractivity (Wildman–Crippen MR) is 63.8 cm³/mol. The molecule has 2 amide bonds. The summed E-state index contributed by atoms with van der Waals surface area (Å²) in [5, 5.41) is 2.56. The molecule has 0 bridgehead atoms. The summed E-state index contributed by atoms with van der Waals surface area (Å²) in [6, 6.07) is -0.207. The molecule has 0 spiro atoms. The van der Waals surface area contributed by atoms with Gasteiger partial charge in [0, 0.05) is 26.6 Å². The Labute approximate surface area is 97.4 Å². The van der Waals surface area contributed by atoms with Crippen LogP contribution in [0, 0.1) is 5.41 Å². The Hall–Kier alpha value is -1.10. The average molecular weight is 229 g/mol. The molecule has 0 aromatic rings. The van der Waals surface area contributed by atoms with Crippen LogP contribution in [-0.2, 0) is 9.59 Å². The number of nitrogens with zero attached hydrogens (tertiary/aromatic N) is 1. The summed E-state index contributed by atoms with van der Waals surface area (Å²) in [6.45, 7) is 5.98. The highest BCUT2D eigenvalue weighted by Gasteiger charge is 2.23. The van der Waals surface area contributed by atoms with E-state index >= 15 is 0 Å². The Bertz CT molecular complexity index is 256. The van der Waals surface area contributed by atoms with Gasteiger partial charge in [0.1, 0.15) is 0 Å². The molecule has 0 saturated carbocycles. The third kappa shape index (κ3) is 5.70. The molecule has 1 unspecified atom stereocenters. The van der Waals surface area contributed by atoms with Gasteiger partial charge in [-0.15, -0.1) is 0 Å². The van der Waals surface area contributed by atoms with Gasteiger partial charge in [0.15, 0.2) is 0 Å². The maximum Gasteiger partial charge on any atom is 0.241 e. The second kappa shape index (κ2) is 5.84. The fourth-order valence-electron chi connectivity index (χ4n) is 0.910. The van der Waals surface area contributed by atoms with E-state index in [0.717, 1.165) is 0 Å². The molecule has 0 aliphatic heterocycles. The van der Waals surface area contributed by atoms with Crippen molar-refractivity contribution < 1.29 is 9.59 Å². The molecule has 16 heavy (non-hydrogen) atoms. The van der Waals surface area contributed by atoms with Gasteiger partial charge in [-0.2, -0.15) is 0 Å². The molecule has 94 valence electrons. The molecule has 0 aliphatic rings. The van der Waals surface area contributed by atoms with Crippen LogP contribution in [0.3, 0.4) is 0 Å². The second-order valence-corrected chi connectivity index (χ2v) is 5.24. The molecular weight excluding hydrogens is 206 g/mol. The van der Waals surface area contributed by atoms with Crippen molar-refractivity contribution in [2.75, 3.05) is 20.6 Å². The molecule has 1 atom stereocenters. The van der Waals surface area contributed by atoms with E-state index in [2.05, 4.69) is 5.32 Å². The molecule has 0 rings (SSSR count). The molecule has 0 fully saturated rings. The minimum absolute atomic E-state index is 0.0305. The summed E-state index contributed by atoms with van der Waals surface area (Å²) >= 11 is 0. The molecule has 0 aliphatic carbocycles. The van der Waals surface area contributed by atoms with Crippen molar-refractivity contribution in [1.82, 2.24) is 10.2 Å². The Balaban J connectivity index is 3.97. The third-order valence-corrected chi connectivity index (χ3v) is 2.45. The fourth-order valence-corrected chi connectivity index (χ4v) is 0.910. The predicted octanol–water partition coefficient (Wildman–Crippen LogP) is -0.0457. The summed E-state index contributed by atoms with van der Waals surface area (Å²) in [7, 11) is 3.30. The van der Waals surface area contributed by atoms with Crippen molar-refractivity contribution >= 4 is 11.8 Å². The lowest BCUT2D eigenvalue weighted by molar-refractivity contribution is -0.131. The van der Waals surface area contributed by atoms with Crippen LogP contribution in [0.4, 0.5) is 0 Å². The SMILES string of the molecule is CN(C)C(=O)CNC(=O)CC(N)C(C)(C)C. The molecule has 0 heterocycles. The minimum atomic E-state index is -0.207. The van der Waals surface area contributed by atoms with E-state index in [1.807, 2.05) is 20.8 Å². The van der Waals surface area contributed by atoms with Crippen LogP contribution in [-0.4, -0.2) is 43.4 Å². The highest BCUT2D eigenvalue weighted by atomic mass is 16.2. The molecule has 0 aromatic heterocycles. The number of nitrogens with two attached hydrogens (primary N) is 1. The molecular formula is C11H23N3O2. The second-order valence-electron chi connectivity index (χ2n) is 5.24. The van der Waals surface area contributed by atoms with Crippen molar-refractivity contribution in [3.8, 4) is 0 Å². The van der Waals surface area contributed by atoms with Crippen LogP contribution in [0.25, 0.3) is 0 Å². The van der Waals surface area contributed by atoms with E-state index in [4.69, 9.17) is 5.73 Å². The maximum absolute atomic E-state index is 11.5. The van der Waals surface area contributed by atoms with Crippen LogP contribution in [0.5, 0.6) is 0 Å². The number of rotatable bonds is 4. The fraction of sp³-hybridized carbons (Fsp3) is 0.818. The highest BCUT2D eigenvalue weighted by molar-refractivity contribution is 5.84. The molecule has 3 N–H and O–H groups in total. The normalized spacial score (nSPS) is 13.1. The average Bonchev–Trinajstić information content (AvgIpc) is 2.12. The number of carbonyl (C=O) groups excluding carboxylic acids is 2. The first-order valence-electron chi connectivity index (χ1n) is 5.37. The van der Waals surface area contributed by atoms with E-state index < -0.39 is 0 Å². The van der Waals surface area contributed by atoms with Gasteiger partial charge >= 0.3 is 0 Å². The molecule has 0 aromatic carbocycles. The lowest BCUT2D eigenvalue weighted by atomic mass is 9.85. The van der Waals surface area contributed by atoms with Crippen LogP contribution in [0.2, 0.25) is 0 Å². The summed E-state index contributed by atoms with van der Waals surface area (Å²) in [5.41, 5.74) is 5.75. The smallest absolute Gasteiger partial charge is 0.241 e. The summed E-state index contributed by atoms with van der Waals surface area (Å²) < 4.78 is 0. The quantitative estimate of drug-likeness (QED) is 0.710. The van der Waals surface area contributed by atoms with Crippen LogP contribution >= 0.6 is 0 Å². The first-order chi connectivity index (χ1) is 7.14.